The quantitative estimate of drug-likeness (QED) is 0.531. The Morgan fingerprint density at radius 3 is 2.50 bits per heavy atom. The molecule has 2 aromatic heterocycles. The van der Waals surface area contributed by atoms with Gasteiger partial charge in [0, 0.05) is 37.7 Å². The van der Waals surface area contributed by atoms with Crippen LogP contribution in [0.25, 0.3) is 6.08 Å². The van der Waals surface area contributed by atoms with E-state index in [1.807, 2.05) is 19.1 Å². The second-order valence-corrected chi connectivity index (χ2v) is 5.73. The van der Waals surface area contributed by atoms with Crippen LogP contribution in [0.5, 0.6) is 0 Å². The minimum absolute atomic E-state index is 0. The van der Waals surface area contributed by atoms with Crippen LogP contribution in [0.4, 0.5) is 0 Å². The number of allylic oxidation sites excluding steroid dienone is 1. The average molecular weight is 453 g/mol. The minimum atomic E-state index is -0.450. The fraction of sp³-hybridized carbons (Fsp3) is 0.200. The first-order valence-corrected chi connectivity index (χ1v) is 6.73. The fourth-order valence-electron chi connectivity index (χ4n) is 1.89. The number of rotatable bonds is 3. The maximum Gasteiger partial charge on any atom is 0.188 e. The maximum absolute atomic E-state index is 12.1. The van der Waals surface area contributed by atoms with E-state index in [1.165, 1.54) is 11.0 Å². The molecule has 0 aromatic carbocycles. The Hall–Kier alpha value is -1.20. The molecule has 0 unspecified atom stereocenters. The van der Waals surface area contributed by atoms with Gasteiger partial charge in [-0.25, -0.2) is 0 Å². The monoisotopic (exact) mass is 453 g/mol. The van der Waals surface area contributed by atoms with E-state index < -0.39 is 5.56 Å². The summed E-state index contributed by atoms with van der Waals surface area (Å²) in [5.74, 6) is -0.291. The molecule has 5 heteroatoms. The predicted octanol–water partition coefficient (Wildman–Crippen LogP) is 2.88. The molecule has 0 N–H and O–H groups in total. The average Bonchev–Trinajstić information content (AvgIpc) is 2.71. The van der Waals surface area contributed by atoms with Gasteiger partial charge in [0.1, 0.15) is 0 Å². The van der Waals surface area contributed by atoms with E-state index in [-0.39, 0.29) is 33.7 Å². The van der Waals surface area contributed by atoms with E-state index in [2.05, 4.69) is 4.98 Å². The van der Waals surface area contributed by atoms with Crippen molar-refractivity contribution in [1.82, 2.24) is 4.98 Å². The van der Waals surface area contributed by atoms with Crippen molar-refractivity contribution in [3.8, 4) is 0 Å². The number of hydrogen-bond acceptors (Lipinski definition) is 3. The molecular formula is C15H14NO2STa-. The van der Waals surface area contributed by atoms with Crippen LogP contribution in [-0.4, -0.2) is 5.78 Å². The largest absolute Gasteiger partial charge is 0.626 e. The third kappa shape index (κ3) is 3.90. The predicted molar refractivity (Wildman–Crippen MR) is 77.9 cm³/mol. The number of pyridine rings is 1. The normalized spacial score (nSPS) is 10.6. The van der Waals surface area contributed by atoms with Gasteiger partial charge < -0.3 is 9.78 Å². The van der Waals surface area contributed by atoms with Crippen molar-refractivity contribution in [3.05, 3.63) is 61.2 Å². The molecule has 0 amide bonds. The summed E-state index contributed by atoms with van der Waals surface area (Å²) in [4.78, 5) is 29.8. The molecule has 103 valence electrons. The molecule has 0 saturated heterocycles. The summed E-state index contributed by atoms with van der Waals surface area (Å²) in [5.41, 5.74) is 1.02. The summed E-state index contributed by atoms with van der Waals surface area (Å²) in [7, 11) is 0. The first-order chi connectivity index (χ1) is 8.97. The molecule has 1 radical (unpaired) electrons. The third-order valence-electron chi connectivity index (χ3n) is 2.72. The smallest absolute Gasteiger partial charge is 0.188 e. The molecule has 0 spiro atoms. The summed E-state index contributed by atoms with van der Waals surface area (Å²) < 4.78 is 0. The number of ketones is 1. The van der Waals surface area contributed by atoms with Gasteiger partial charge in [-0.1, -0.05) is 13.0 Å². The summed E-state index contributed by atoms with van der Waals surface area (Å²) in [6.45, 7) is 5.51. The fourth-order valence-corrected chi connectivity index (χ4v) is 2.67. The van der Waals surface area contributed by atoms with Crippen LogP contribution in [-0.2, 0) is 22.4 Å². The molecular weight excluding hydrogens is 439 g/mol. The minimum Gasteiger partial charge on any atom is -0.626 e. The third-order valence-corrected chi connectivity index (χ3v) is 3.68. The van der Waals surface area contributed by atoms with Crippen molar-refractivity contribution in [2.75, 3.05) is 0 Å². The topological polar surface area (TPSA) is 48.2 Å². The van der Waals surface area contributed by atoms with Gasteiger partial charge in [-0.05, 0) is 43.7 Å². The molecule has 0 aliphatic rings. The van der Waals surface area contributed by atoms with Crippen LogP contribution in [0, 0.1) is 20.8 Å². The van der Waals surface area contributed by atoms with Crippen molar-refractivity contribution < 1.29 is 27.2 Å². The van der Waals surface area contributed by atoms with Gasteiger partial charge >= 0.3 is 0 Å². The molecule has 2 aromatic rings. The van der Waals surface area contributed by atoms with Crippen molar-refractivity contribution in [1.29, 1.82) is 0 Å². The zero-order valence-electron chi connectivity index (χ0n) is 11.5. The van der Waals surface area contributed by atoms with Crippen LogP contribution in [0.15, 0.2) is 29.1 Å². The van der Waals surface area contributed by atoms with Crippen molar-refractivity contribution in [2.45, 2.75) is 20.8 Å². The standard InChI is InChI=1S/C15H15NO2S.Ta/c1-9-8-10(2)16-15(18)14(9)13(17)7-6-12-5-4-11(3)19-12;/h4-8H,1-3H3,(H,16,17,18);/p-1/b7-6+;. The van der Waals surface area contributed by atoms with Gasteiger partial charge in [-0.3, -0.25) is 4.79 Å². The van der Waals surface area contributed by atoms with Gasteiger partial charge in [0.2, 0.25) is 0 Å². The van der Waals surface area contributed by atoms with Crippen LogP contribution in [0.1, 0.15) is 31.4 Å². The summed E-state index contributed by atoms with van der Waals surface area (Å²) in [6.07, 6.45) is 3.17. The molecule has 20 heavy (non-hydrogen) atoms. The van der Waals surface area contributed by atoms with Gasteiger partial charge in [0.25, 0.3) is 0 Å². The molecule has 2 heterocycles. The number of nitrogens with zero attached hydrogens (tertiary/aromatic N) is 1. The molecule has 0 saturated carbocycles. The van der Waals surface area contributed by atoms with E-state index in [0.29, 0.717) is 11.3 Å². The SMILES string of the molecule is Cc1cc(C)c(C(=O)/C=C/c2ccc(C)s2)c(=O)[n-]1.[Ta]. The van der Waals surface area contributed by atoms with E-state index in [4.69, 9.17) is 0 Å². The molecule has 0 atom stereocenters. The Kier molecular flexibility index (Phi) is 5.89. The van der Waals surface area contributed by atoms with E-state index in [9.17, 15) is 9.59 Å². The Labute approximate surface area is 137 Å². The van der Waals surface area contributed by atoms with E-state index >= 15 is 0 Å². The molecule has 3 nitrogen and oxygen atoms in total. The maximum atomic E-state index is 12.1. The molecule has 0 fully saturated rings. The summed E-state index contributed by atoms with van der Waals surface area (Å²) >= 11 is 1.60. The Bertz CT molecular complexity index is 713. The van der Waals surface area contributed by atoms with Crippen LogP contribution < -0.4 is 10.5 Å². The number of carbonyl (C=O) groups excluding carboxylic acids is 1. The summed E-state index contributed by atoms with van der Waals surface area (Å²) in [5, 5.41) is 0. The first-order valence-electron chi connectivity index (χ1n) is 5.91. The molecule has 2 rings (SSSR count). The number of carbonyl (C=O) groups is 1. The summed E-state index contributed by atoms with van der Waals surface area (Å²) in [6, 6.07) is 5.69. The number of aryl methyl sites for hydroxylation is 3. The second-order valence-electron chi connectivity index (χ2n) is 4.41. The van der Waals surface area contributed by atoms with Crippen molar-refractivity contribution >= 4 is 23.2 Å². The number of aromatic nitrogens is 1. The van der Waals surface area contributed by atoms with E-state index in [1.54, 1.807) is 37.3 Å². The van der Waals surface area contributed by atoms with E-state index in [0.717, 1.165) is 4.88 Å². The van der Waals surface area contributed by atoms with Crippen molar-refractivity contribution in [3.63, 3.8) is 0 Å². The van der Waals surface area contributed by atoms with Crippen molar-refractivity contribution in [2.24, 2.45) is 0 Å². The first kappa shape index (κ1) is 16.9. The Morgan fingerprint density at radius 2 is 1.95 bits per heavy atom. The number of thiophene rings is 1. The van der Waals surface area contributed by atoms with Gasteiger partial charge in [-0.2, -0.15) is 5.69 Å². The van der Waals surface area contributed by atoms with Crippen LogP contribution >= 0.6 is 11.3 Å². The van der Waals surface area contributed by atoms with Crippen LogP contribution in [0.3, 0.4) is 0 Å². The molecule has 0 aliphatic carbocycles. The Balaban J connectivity index is 0.00000200. The molecule has 0 bridgehead atoms. The molecule has 0 aliphatic heterocycles. The zero-order valence-corrected chi connectivity index (χ0v) is 15.5. The van der Waals surface area contributed by atoms with Gasteiger partial charge in [-0.15, -0.1) is 11.3 Å². The van der Waals surface area contributed by atoms with Gasteiger partial charge in [0.15, 0.2) is 5.78 Å². The number of hydrogen-bond donors (Lipinski definition) is 0. The zero-order chi connectivity index (χ0) is 14.0. The van der Waals surface area contributed by atoms with Gasteiger partial charge in [0.05, 0.1) is 5.56 Å². The Morgan fingerprint density at radius 1 is 1.25 bits per heavy atom. The van der Waals surface area contributed by atoms with Crippen LogP contribution in [0.2, 0.25) is 0 Å². The second kappa shape index (κ2) is 6.99.